The summed E-state index contributed by atoms with van der Waals surface area (Å²) in [6.07, 6.45) is 4.69. The molecule has 1 aromatic heterocycles. The third-order valence-corrected chi connectivity index (χ3v) is 2.07. The number of rotatable bonds is 1. The van der Waals surface area contributed by atoms with Gasteiger partial charge < -0.3 is 0 Å². The minimum absolute atomic E-state index is 0.730. The zero-order chi connectivity index (χ0) is 6.27. The zero-order valence-electron chi connectivity index (χ0n) is 4.92. The molecule has 0 saturated heterocycles. The first-order chi connectivity index (χ1) is 4.36. The minimum atomic E-state index is 0.730. The van der Waals surface area contributed by atoms with E-state index >= 15 is 0 Å². The number of hydrogen-bond donors (Lipinski definition) is 0. The molecule has 48 valence electrons. The molecule has 2 rings (SSSR count). The summed E-state index contributed by atoms with van der Waals surface area (Å²) in [5.41, 5.74) is 0. The van der Waals surface area contributed by atoms with Crippen LogP contribution in [0.4, 0.5) is 0 Å². The molecule has 0 atom stereocenters. The Morgan fingerprint density at radius 3 is 2.89 bits per heavy atom. The van der Waals surface area contributed by atoms with Gasteiger partial charge in [0.1, 0.15) is 3.70 Å². The van der Waals surface area contributed by atoms with Crippen molar-refractivity contribution in [2.45, 2.75) is 18.9 Å². The van der Waals surface area contributed by atoms with Crippen molar-refractivity contribution in [2.24, 2.45) is 0 Å². The SMILES string of the molecule is Ic1ccn(C2CC2)n1. The summed E-state index contributed by atoms with van der Waals surface area (Å²) >= 11 is 2.23. The summed E-state index contributed by atoms with van der Waals surface area (Å²) in [4.78, 5) is 0. The molecule has 1 aromatic rings. The third-order valence-electron chi connectivity index (χ3n) is 1.50. The maximum Gasteiger partial charge on any atom is 0.123 e. The van der Waals surface area contributed by atoms with Crippen LogP contribution in [0.2, 0.25) is 0 Å². The Kier molecular flexibility index (Phi) is 1.25. The number of hydrogen-bond acceptors (Lipinski definition) is 1. The van der Waals surface area contributed by atoms with E-state index in [1.165, 1.54) is 12.8 Å². The summed E-state index contributed by atoms with van der Waals surface area (Å²) in [6, 6.07) is 2.77. The van der Waals surface area contributed by atoms with Gasteiger partial charge in [0, 0.05) is 6.20 Å². The Bertz CT molecular complexity index is 215. The number of nitrogens with zero attached hydrogens (tertiary/aromatic N) is 2. The highest BCUT2D eigenvalue weighted by Gasteiger charge is 2.23. The Morgan fingerprint density at radius 1 is 1.67 bits per heavy atom. The van der Waals surface area contributed by atoms with Crippen molar-refractivity contribution in [3.05, 3.63) is 16.0 Å². The van der Waals surface area contributed by atoms with E-state index in [2.05, 4.69) is 38.6 Å². The van der Waals surface area contributed by atoms with E-state index in [-0.39, 0.29) is 0 Å². The summed E-state index contributed by atoms with van der Waals surface area (Å²) in [7, 11) is 0. The molecule has 9 heavy (non-hydrogen) atoms. The van der Waals surface area contributed by atoms with E-state index in [0.29, 0.717) is 0 Å². The van der Waals surface area contributed by atoms with Gasteiger partial charge in [-0.2, -0.15) is 5.10 Å². The Balaban J connectivity index is 2.28. The van der Waals surface area contributed by atoms with Gasteiger partial charge in [0.2, 0.25) is 0 Å². The Hall–Kier alpha value is -0.0600. The van der Waals surface area contributed by atoms with E-state index in [0.717, 1.165) is 9.74 Å². The van der Waals surface area contributed by atoms with Gasteiger partial charge in [-0.1, -0.05) is 0 Å². The lowest BCUT2D eigenvalue weighted by Gasteiger charge is -1.91. The van der Waals surface area contributed by atoms with Crippen LogP contribution in [0.1, 0.15) is 18.9 Å². The van der Waals surface area contributed by atoms with Crippen LogP contribution in [0.3, 0.4) is 0 Å². The first-order valence-electron chi connectivity index (χ1n) is 3.07. The van der Waals surface area contributed by atoms with E-state index in [4.69, 9.17) is 0 Å². The monoisotopic (exact) mass is 234 g/mol. The molecule has 1 fully saturated rings. The molecular formula is C6H7IN2. The highest BCUT2D eigenvalue weighted by molar-refractivity contribution is 14.1. The lowest BCUT2D eigenvalue weighted by molar-refractivity contribution is 0.637. The molecule has 0 aromatic carbocycles. The quantitative estimate of drug-likeness (QED) is 0.677. The van der Waals surface area contributed by atoms with Crippen LogP contribution in [0.15, 0.2) is 12.3 Å². The van der Waals surface area contributed by atoms with E-state index < -0.39 is 0 Å². The first kappa shape index (κ1) is 5.70. The fraction of sp³-hybridized carbons (Fsp3) is 0.500. The van der Waals surface area contributed by atoms with E-state index in [1.54, 1.807) is 0 Å². The van der Waals surface area contributed by atoms with E-state index in [1.807, 2.05) is 6.07 Å². The van der Waals surface area contributed by atoms with Crippen molar-refractivity contribution in [2.75, 3.05) is 0 Å². The standard InChI is InChI=1S/C6H7IN2/c7-6-3-4-9(8-6)5-1-2-5/h3-5H,1-2H2. The first-order valence-corrected chi connectivity index (χ1v) is 4.15. The summed E-state index contributed by atoms with van der Waals surface area (Å²) in [5.74, 6) is 0. The fourth-order valence-corrected chi connectivity index (χ4v) is 1.27. The molecule has 0 unspecified atom stereocenters. The van der Waals surface area contributed by atoms with Crippen molar-refractivity contribution in [1.29, 1.82) is 0 Å². The molecule has 1 aliphatic rings. The number of halogens is 1. The van der Waals surface area contributed by atoms with Gasteiger partial charge in [0.05, 0.1) is 6.04 Å². The van der Waals surface area contributed by atoms with Crippen molar-refractivity contribution < 1.29 is 0 Å². The molecule has 3 heteroatoms. The van der Waals surface area contributed by atoms with Gasteiger partial charge in [0.15, 0.2) is 0 Å². The highest BCUT2D eigenvalue weighted by Crippen LogP contribution is 2.33. The van der Waals surface area contributed by atoms with Crippen LogP contribution in [-0.2, 0) is 0 Å². The Morgan fingerprint density at radius 2 is 2.44 bits per heavy atom. The van der Waals surface area contributed by atoms with E-state index in [9.17, 15) is 0 Å². The summed E-state index contributed by atoms with van der Waals surface area (Å²) < 4.78 is 3.15. The van der Waals surface area contributed by atoms with Crippen LogP contribution in [-0.4, -0.2) is 9.78 Å². The van der Waals surface area contributed by atoms with Crippen LogP contribution in [0, 0.1) is 3.70 Å². The van der Waals surface area contributed by atoms with Gasteiger partial charge >= 0.3 is 0 Å². The molecule has 1 saturated carbocycles. The Labute approximate surface area is 67.4 Å². The maximum atomic E-state index is 4.28. The van der Waals surface area contributed by atoms with Gasteiger partial charge in [-0.25, -0.2) is 0 Å². The molecule has 1 aliphatic carbocycles. The largest absolute Gasteiger partial charge is 0.269 e. The van der Waals surface area contributed by atoms with Gasteiger partial charge in [-0.15, -0.1) is 0 Å². The molecule has 0 spiro atoms. The smallest absolute Gasteiger partial charge is 0.123 e. The second kappa shape index (κ2) is 1.97. The third kappa shape index (κ3) is 1.10. The van der Waals surface area contributed by atoms with Crippen molar-refractivity contribution in [3.8, 4) is 0 Å². The molecule has 0 radical (unpaired) electrons. The highest BCUT2D eigenvalue weighted by atomic mass is 127. The second-order valence-electron chi connectivity index (χ2n) is 2.35. The average molecular weight is 234 g/mol. The van der Waals surface area contributed by atoms with Gasteiger partial charge in [-0.3, -0.25) is 4.68 Å². The minimum Gasteiger partial charge on any atom is -0.269 e. The molecule has 0 aliphatic heterocycles. The van der Waals surface area contributed by atoms with Crippen LogP contribution in [0.25, 0.3) is 0 Å². The zero-order valence-corrected chi connectivity index (χ0v) is 7.08. The van der Waals surface area contributed by atoms with Gasteiger partial charge in [0.25, 0.3) is 0 Å². The van der Waals surface area contributed by atoms with Crippen molar-refractivity contribution in [3.63, 3.8) is 0 Å². The predicted molar refractivity (Wildman–Crippen MR) is 43.2 cm³/mol. The average Bonchev–Trinajstić information content (AvgIpc) is 2.58. The second-order valence-corrected chi connectivity index (χ2v) is 3.45. The molecule has 1 heterocycles. The summed E-state index contributed by atoms with van der Waals surface area (Å²) in [5, 5.41) is 4.28. The fourth-order valence-electron chi connectivity index (χ4n) is 0.857. The topological polar surface area (TPSA) is 17.8 Å². The molecule has 2 nitrogen and oxygen atoms in total. The maximum absolute atomic E-state index is 4.28. The predicted octanol–water partition coefficient (Wildman–Crippen LogP) is 1.82. The normalized spacial score (nSPS) is 18.3. The lowest BCUT2D eigenvalue weighted by Crippen LogP contribution is -1.93. The molecule has 0 amide bonds. The van der Waals surface area contributed by atoms with Crippen LogP contribution in [0.5, 0.6) is 0 Å². The van der Waals surface area contributed by atoms with Crippen molar-refractivity contribution in [1.82, 2.24) is 9.78 Å². The lowest BCUT2D eigenvalue weighted by atomic mass is 10.7. The van der Waals surface area contributed by atoms with Gasteiger partial charge in [-0.05, 0) is 41.5 Å². The number of aromatic nitrogens is 2. The summed E-state index contributed by atoms with van der Waals surface area (Å²) in [6.45, 7) is 0. The van der Waals surface area contributed by atoms with Crippen LogP contribution < -0.4 is 0 Å². The van der Waals surface area contributed by atoms with Crippen molar-refractivity contribution >= 4 is 22.6 Å². The van der Waals surface area contributed by atoms with Crippen LogP contribution >= 0.6 is 22.6 Å². The molecular weight excluding hydrogens is 227 g/mol. The molecule has 0 N–H and O–H groups in total. The molecule has 0 bridgehead atoms.